The van der Waals surface area contributed by atoms with Gasteiger partial charge in [-0.25, -0.2) is 4.98 Å². The largest absolute Gasteiger partial charge is 0.360 e. The SMILES string of the molecule is Cc1onc2c1c(=O)n([C@@H]1CCC[C@H](CNC(=O)c3cnccn3)C1)c1cccc(Cl)c21. The molecule has 3 heterocycles. The second kappa shape index (κ2) is 8.35. The molecule has 32 heavy (non-hydrogen) atoms. The van der Waals surface area contributed by atoms with Gasteiger partial charge < -0.3 is 14.4 Å². The van der Waals surface area contributed by atoms with Gasteiger partial charge in [0, 0.05) is 30.4 Å². The van der Waals surface area contributed by atoms with Gasteiger partial charge in [-0.3, -0.25) is 14.6 Å². The third-order valence-corrected chi connectivity index (χ3v) is 6.57. The normalized spacial score (nSPS) is 18.8. The number of hydrogen-bond donors (Lipinski definition) is 1. The summed E-state index contributed by atoms with van der Waals surface area (Å²) in [5.74, 6) is 0.495. The Morgan fingerprint density at radius 3 is 2.97 bits per heavy atom. The third-order valence-electron chi connectivity index (χ3n) is 6.25. The molecule has 1 aliphatic rings. The Hall–Kier alpha value is -3.26. The first-order chi connectivity index (χ1) is 15.5. The van der Waals surface area contributed by atoms with E-state index in [4.69, 9.17) is 16.1 Å². The molecule has 0 radical (unpaired) electrons. The summed E-state index contributed by atoms with van der Waals surface area (Å²) < 4.78 is 7.20. The van der Waals surface area contributed by atoms with Gasteiger partial charge in [0.15, 0.2) is 0 Å². The van der Waals surface area contributed by atoms with E-state index in [9.17, 15) is 9.59 Å². The number of hydrogen-bond acceptors (Lipinski definition) is 6. The molecule has 1 N–H and O–H groups in total. The first-order valence-corrected chi connectivity index (χ1v) is 11.0. The molecule has 1 aromatic carbocycles. The molecule has 3 aromatic heterocycles. The Labute approximate surface area is 188 Å². The Morgan fingerprint density at radius 2 is 2.16 bits per heavy atom. The zero-order chi connectivity index (χ0) is 22.2. The zero-order valence-corrected chi connectivity index (χ0v) is 18.3. The minimum atomic E-state index is -0.240. The maximum atomic E-state index is 13.5. The molecule has 8 nitrogen and oxygen atoms in total. The molecule has 1 aliphatic carbocycles. The predicted octanol–water partition coefficient (Wildman–Crippen LogP) is 4.06. The lowest BCUT2D eigenvalue weighted by atomic mass is 9.85. The number of aryl methyl sites for hydroxylation is 1. The molecule has 0 saturated heterocycles. The predicted molar refractivity (Wildman–Crippen MR) is 121 cm³/mol. The number of nitrogens with one attached hydrogen (secondary N) is 1. The lowest BCUT2D eigenvalue weighted by Gasteiger charge is -2.31. The van der Waals surface area contributed by atoms with Crippen molar-refractivity contribution < 1.29 is 9.32 Å². The molecule has 0 bridgehead atoms. The molecule has 0 unspecified atom stereocenters. The second-order valence-electron chi connectivity index (χ2n) is 8.26. The summed E-state index contributed by atoms with van der Waals surface area (Å²) in [6.45, 7) is 2.27. The molecule has 4 aromatic rings. The van der Waals surface area contributed by atoms with E-state index in [2.05, 4.69) is 20.4 Å². The van der Waals surface area contributed by atoms with Crippen LogP contribution in [0.25, 0.3) is 21.8 Å². The molecule has 9 heteroatoms. The highest BCUT2D eigenvalue weighted by atomic mass is 35.5. The van der Waals surface area contributed by atoms with E-state index in [1.807, 2.05) is 16.7 Å². The quantitative estimate of drug-likeness (QED) is 0.502. The van der Waals surface area contributed by atoms with E-state index in [1.165, 1.54) is 18.6 Å². The fraction of sp³-hybridized carbons (Fsp3) is 0.348. The van der Waals surface area contributed by atoms with Crippen LogP contribution in [-0.4, -0.2) is 32.1 Å². The van der Waals surface area contributed by atoms with Crippen molar-refractivity contribution in [1.82, 2.24) is 25.0 Å². The van der Waals surface area contributed by atoms with Gasteiger partial charge in [-0.05, 0) is 44.2 Å². The van der Waals surface area contributed by atoms with Crippen LogP contribution in [0.5, 0.6) is 0 Å². The van der Waals surface area contributed by atoms with Gasteiger partial charge in [-0.15, -0.1) is 0 Å². The number of rotatable bonds is 4. The van der Waals surface area contributed by atoms with Gasteiger partial charge in [0.2, 0.25) is 0 Å². The van der Waals surface area contributed by atoms with Crippen LogP contribution < -0.4 is 10.9 Å². The second-order valence-corrected chi connectivity index (χ2v) is 8.67. The topological polar surface area (TPSA) is 103 Å². The Kier molecular flexibility index (Phi) is 5.38. The van der Waals surface area contributed by atoms with Gasteiger partial charge >= 0.3 is 0 Å². The standard InChI is InChI=1S/C23H22ClN5O3/c1-13-19-21(28-32-13)20-16(24)6-3-7-18(20)29(23(19)31)15-5-2-4-14(10-15)11-27-22(30)17-12-25-8-9-26-17/h3,6-9,12,14-15H,2,4-5,10-11H2,1H3,(H,27,30)/t14-,15+/m0/s1. The third kappa shape index (κ3) is 3.54. The highest BCUT2D eigenvalue weighted by molar-refractivity contribution is 6.37. The molecule has 0 aliphatic heterocycles. The number of pyridine rings is 1. The maximum absolute atomic E-state index is 13.5. The van der Waals surface area contributed by atoms with Crippen molar-refractivity contribution in [1.29, 1.82) is 0 Å². The average Bonchev–Trinajstić information content (AvgIpc) is 3.20. The summed E-state index contributed by atoms with van der Waals surface area (Å²) >= 11 is 6.52. The van der Waals surface area contributed by atoms with Crippen molar-refractivity contribution in [3.63, 3.8) is 0 Å². The molecule has 5 rings (SSSR count). The highest BCUT2D eigenvalue weighted by Gasteiger charge is 2.28. The van der Waals surface area contributed by atoms with E-state index < -0.39 is 0 Å². The van der Waals surface area contributed by atoms with Crippen LogP contribution in [0.1, 0.15) is 48.0 Å². The van der Waals surface area contributed by atoms with Gasteiger partial charge in [0.05, 0.1) is 16.7 Å². The van der Waals surface area contributed by atoms with Crippen LogP contribution in [-0.2, 0) is 0 Å². The summed E-state index contributed by atoms with van der Waals surface area (Å²) in [5.41, 5.74) is 1.46. The van der Waals surface area contributed by atoms with Gasteiger partial charge in [-0.1, -0.05) is 29.2 Å². The van der Waals surface area contributed by atoms with Crippen molar-refractivity contribution in [2.75, 3.05) is 6.54 Å². The number of halogens is 1. The summed E-state index contributed by atoms with van der Waals surface area (Å²) in [7, 11) is 0. The van der Waals surface area contributed by atoms with Crippen molar-refractivity contribution in [3.05, 3.63) is 63.6 Å². The Bertz CT molecular complexity index is 1370. The minimum absolute atomic E-state index is 0.00524. The molecular formula is C23H22ClN5O3. The van der Waals surface area contributed by atoms with Crippen LogP contribution in [0.3, 0.4) is 0 Å². The minimum Gasteiger partial charge on any atom is -0.360 e. The molecule has 0 spiro atoms. The summed E-state index contributed by atoms with van der Waals surface area (Å²) in [6, 6.07) is 5.55. The van der Waals surface area contributed by atoms with Crippen LogP contribution in [0.4, 0.5) is 0 Å². The van der Waals surface area contributed by atoms with Gasteiger partial charge in [0.1, 0.15) is 22.4 Å². The van der Waals surface area contributed by atoms with E-state index >= 15 is 0 Å². The Balaban J connectivity index is 1.46. The van der Waals surface area contributed by atoms with Crippen molar-refractivity contribution in [2.24, 2.45) is 5.92 Å². The number of carbonyl (C=O) groups excluding carboxylic acids is 1. The summed E-state index contributed by atoms with van der Waals surface area (Å²) in [4.78, 5) is 33.9. The van der Waals surface area contributed by atoms with Crippen molar-refractivity contribution in [2.45, 2.75) is 38.6 Å². The number of fused-ring (bicyclic) bond motifs is 3. The first kappa shape index (κ1) is 20.6. The first-order valence-electron chi connectivity index (χ1n) is 10.7. The van der Waals surface area contributed by atoms with Crippen molar-refractivity contribution >= 4 is 39.3 Å². The van der Waals surface area contributed by atoms with Crippen molar-refractivity contribution in [3.8, 4) is 0 Å². The number of nitrogens with zero attached hydrogens (tertiary/aromatic N) is 4. The van der Waals surface area contributed by atoms with Crippen LogP contribution >= 0.6 is 11.6 Å². The van der Waals surface area contributed by atoms with E-state index in [0.717, 1.165) is 36.6 Å². The number of benzene rings is 1. The van der Waals surface area contributed by atoms with Crippen LogP contribution in [0.2, 0.25) is 5.02 Å². The summed E-state index contributed by atoms with van der Waals surface area (Å²) in [6.07, 6.45) is 8.09. The van der Waals surface area contributed by atoms with E-state index in [0.29, 0.717) is 33.9 Å². The fourth-order valence-electron chi connectivity index (χ4n) is 4.76. The lowest BCUT2D eigenvalue weighted by molar-refractivity contribution is 0.0935. The molecule has 2 atom stereocenters. The van der Waals surface area contributed by atoms with Crippen LogP contribution in [0.15, 0.2) is 46.1 Å². The average molecular weight is 452 g/mol. The molecule has 1 amide bonds. The Morgan fingerprint density at radius 1 is 1.28 bits per heavy atom. The number of aromatic nitrogens is 4. The van der Waals surface area contributed by atoms with E-state index in [-0.39, 0.29) is 23.4 Å². The monoisotopic (exact) mass is 451 g/mol. The highest BCUT2D eigenvalue weighted by Crippen LogP contribution is 2.36. The number of carbonyl (C=O) groups is 1. The molecule has 1 saturated carbocycles. The smallest absolute Gasteiger partial charge is 0.271 e. The van der Waals surface area contributed by atoms with Gasteiger partial charge in [0.25, 0.3) is 11.5 Å². The van der Waals surface area contributed by atoms with E-state index in [1.54, 1.807) is 13.0 Å². The summed E-state index contributed by atoms with van der Waals surface area (Å²) in [5, 5.41) is 8.83. The number of amides is 1. The molecular weight excluding hydrogens is 430 g/mol. The maximum Gasteiger partial charge on any atom is 0.271 e. The molecule has 164 valence electrons. The lowest BCUT2D eigenvalue weighted by Crippen LogP contribution is -2.35. The van der Waals surface area contributed by atoms with Gasteiger partial charge in [-0.2, -0.15) is 0 Å². The van der Waals surface area contributed by atoms with Crippen LogP contribution in [0, 0.1) is 12.8 Å². The molecule has 1 fully saturated rings. The zero-order valence-electron chi connectivity index (χ0n) is 17.5. The fourth-order valence-corrected chi connectivity index (χ4v) is 5.02.